The van der Waals surface area contributed by atoms with Gasteiger partial charge in [-0.2, -0.15) is 0 Å². The predicted molar refractivity (Wildman–Crippen MR) is 165 cm³/mol. The molecular formula is C33H27F2N7O2. The lowest BCUT2D eigenvalue weighted by molar-refractivity contribution is 0.102. The van der Waals surface area contributed by atoms with E-state index >= 15 is 0 Å². The average Bonchev–Trinajstić information content (AvgIpc) is 3.43. The van der Waals surface area contributed by atoms with Gasteiger partial charge in [-0.15, -0.1) is 0 Å². The Morgan fingerprint density at radius 3 is 2.68 bits per heavy atom. The third kappa shape index (κ3) is 6.22. The van der Waals surface area contributed by atoms with Crippen LogP contribution in [0.1, 0.15) is 10.4 Å². The molecule has 0 aliphatic carbocycles. The number of carbonyl (C=O) groups excluding carboxylic acids is 1. The van der Waals surface area contributed by atoms with Crippen LogP contribution in [-0.2, 0) is 0 Å². The molecule has 220 valence electrons. The lowest BCUT2D eigenvalue weighted by atomic mass is 10.0. The van der Waals surface area contributed by atoms with Gasteiger partial charge in [0.05, 0.1) is 22.8 Å². The molecule has 1 amide bonds. The Bertz CT molecular complexity index is 1960. The van der Waals surface area contributed by atoms with Crippen LogP contribution in [0, 0.1) is 11.6 Å². The van der Waals surface area contributed by atoms with Gasteiger partial charge >= 0.3 is 0 Å². The monoisotopic (exact) mass is 591 g/mol. The number of amides is 1. The second-order valence-corrected chi connectivity index (χ2v) is 9.77. The largest absolute Gasteiger partial charge is 0.492 e. The van der Waals surface area contributed by atoms with E-state index in [9.17, 15) is 13.6 Å². The number of likely N-dealkylation sites (N-methyl/N-ethyl adjacent to an activating group) is 1. The van der Waals surface area contributed by atoms with Crippen LogP contribution in [0.4, 0.5) is 26.1 Å². The van der Waals surface area contributed by atoms with Crippen molar-refractivity contribution >= 4 is 28.9 Å². The maximum absolute atomic E-state index is 14.2. The van der Waals surface area contributed by atoms with Gasteiger partial charge in [-0.3, -0.25) is 9.20 Å². The number of benzene rings is 3. The third-order valence-electron chi connectivity index (χ3n) is 6.72. The van der Waals surface area contributed by atoms with Crippen molar-refractivity contribution in [3.05, 3.63) is 121 Å². The van der Waals surface area contributed by atoms with Gasteiger partial charge in [0.15, 0.2) is 0 Å². The van der Waals surface area contributed by atoms with E-state index in [1.165, 1.54) is 6.07 Å². The van der Waals surface area contributed by atoms with E-state index in [1.54, 1.807) is 30.5 Å². The van der Waals surface area contributed by atoms with Crippen LogP contribution in [0.2, 0.25) is 0 Å². The van der Waals surface area contributed by atoms with E-state index in [0.717, 1.165) is 30.1 Å². The molecule has 3 heterocycles. The first-order chi connectivity index (χ1) is 21.5. The summed E-state index contributed by atoms with van der Waals surface area (Å²) in [5.74, 6) is -1.04. The normalized spacial score (nSPS) is 11.0. The van der Waals surface area contributed by atoms with Crippen molar-refractivity contribution in [3.63, 3.8) is 0 Å². The summed E-state index contributed by atoms with van der Waals surface area (Å²) in [5, 5.41) is 8.80. The minimum atomic E-state index is -0.863. The molecule has 3 N–H and O–H groups in total. The molecule has 0 aliphatic rings. The van der Waals surface area contributed by atoms with E-state index in [1.807, 2.05) is 66.2 Å². The number of rotatable bonds is 10. The Hall–Kier alpha value is -5.68. The van der Waals surface area contributed by atoms with Crippen LogP contribution < -0.4 is 20.7 Å². The molecule has 6 rings (SSSR count). The van der Waals surface area contributed by atoms with Crippen molar-refractivity contribution in [2.75, 3.05) is 30.8 Å². The smallest absolute Gasteiger partial charge is 0.255 e. The van der Waals surface area contributed by atoms with Crippen molar-refractivity contribution in [1.82, 2.24) is 24.7 Å². The number of hydrogen-bond acceptors (Lipinski definition) is 7. The van der Waals surface area contributed by atoms with Gasteiger partial charge in [0.1, 0.15) is 29.6 Å². The molecule has 3 aromatic carbocycles. The van der Waals surface area contributed by atoms with Crippen LogP contribution in [0.25, 0.3) is 28.3 Å². The number of pyridine rings is 1. The highest BCUT2D eigenvalue weighted by Gasteiger charge is 2.19. The summed E-state index contributed by atoms with van der Waals surface area (Å²) < 4.78 is 35.2. The Balaban J connectivity index is 1.33. The molecular weight excluding hydrogens is 564 g/mol. The summed E-state index contributed by atoms with van der Waals surface area (Å²) in [6, 6.07) is 24.8. The van der Waals surface area contributed by atoms with Gasteiger partial charge in [0.25, 0.3) is 5.91 Å². The fourth-order valence-electron chi connectivity index (χ4n) is 4.65. The summed E-state index contributed by atoms with van der Waals surface area (Å²) in [5.41, 5.74) is 4.12. The van der Waals surface area contributed by atoms with Gasteiger partial charge < -0.3 is 20.7 Å². The molecule has 0 aliphatic heterocycles. The van der Waals surface area contributed by atoms with E-state index < -0.39 is 17.5 Å². The van der Waals surface area contributed by atoms with E-state index in [2.05, 4.69) is 20.9 Å². The number of hydrogen-bond donors (Lipinski definition) is 3. The maximum atomic E-state index is 14.2. The highest BCUT2D eigenvalue weighted by atomic mass is 19.1. The highest BCUT2D eigenvalue weighted by molar-refractivity contribution is 6.05. The van der Waals surface area contributed by atoms with Gasteiger partial charge in [-0.25, -0.2) is 23.7 Å². The Kier molecular flexibility index (Phi) is 8.19. The molecule has 6 aromatic rings. The molecule has 3 aromatic heterocycles. The van der Waals surface area contributed by atoms with Gasteiger partial charge in [0.2, 0.25) is 5.95 Å². The first-order valence-corrected chi connectivity index (χ1v) is 13.8. The van der Waals surface area contributed by atoms with Gasteiger partial charge in [0, 0.05) is 47.9 Å². The predicted octanol–water partition coefficient (Wildman–Crippen LogP) is 6.33. The molecule has 0 atom stereocenters. The molecule has 0 unspecified atom stereocenters. The second-order valence-electron chi connectivity index (χ2n) is 9.77. The van der Waals surface area contributed by atoms with E-state index in [0.29, 0.717) is 40.8 Å². The zero-order valence-corrected chi connectivity index (χ0v) is 23.6. The number of halogens is 2. The lowest BCUT2D eigenvalue weighted by Crippen LogP contribution is -2.15. The minimum absolute atomic E-state index is 0.119. The Morgan fingerprint density at radius 2 is 1.82 bits per heavy atom. The number of nitrogens with zero attached hydrogens (tertiary/aromatic N) is 4. The zero-order valence-electron chi connectivity index (χ0n) is 23.6. The topological polar surface area (TPSA) is 105 Å². The van der Waals surface area contributed by atoms with Crippen LogP contribution in [0.3, 0.4) is 0 Å². The molecule has 0 fully saturated rings. The molecule has 44 heavy (non-hydrogen) atoms. The third-order valence-corrected chi connectivity index (χ3v) is 6.72. The summed E-state index contributed by atoms with van der Waals surface area (Å²) in [6.07, 6.45) is 3.54. The number of imidazole rings is 1. The van der Waals surface area contributed by atoms with Crippen molar-refractivity contribution in [2.45, 2.75) is 0 Å². The minimum Gasteiger partial charge on any atom is -0.492 e. The zero-order chi connectivity index (χ0) is 30.5. The second kappa shape index (κ2) is 12.7. The van der Waals surface area contributed by atoms with E-state index in [-0.39, 0.29) is 11.3 Å². The summed E-state index contributed by atoms with van der Waals surface area (Å²) in [7, 11) is 1.87. The molecule has 11 heteroatoms. The number of ether oxygens (including phenoxy) is 1. The highest BCUT2D eigenvalue weighted by Crippen LogP contribution is 2.33. The van der Waals surface area contributed by atoms with Crippen LogP contribution in [0.15, 0.2) is 103 Å². The standard InChI is InChI=1S/C33H27F2N7O2/c1-36-15-17-44-25-9-5-8-24(20-25)38-33-37-14-13-28(40-33)31-30(41-29-10-2-3-16-42(29)31)21-6-4-7-22(18-21)32(43)39-27-12-11-23(34)19-26(27)35/h2-14,16,18-20,36H,15,17H2,1H3,(H,39,43)(H,37,38,40). The fourth-order valence-corrected chi connectivity index (χ4v) is 4.65. The van der Waals surface area contributed by atoms with Crippen LogP contribution in [-0.4, -0.2) is 45.5 Å². The number of carbonyl (C=O) groups is 1. The van der Waals surface area contributed by atoms with Crippen molar-refractivity contribution < 1.29 is 18.3 Å². The Morgan fingerprint density at radius 1 is 0.932 bits per heavy atom. The average molecular weight is 592 g/mol. The number of anilines is 3. The van der Waals surface area contributed by atoms with Gasteiger partial charge in [-0.1, -0.05) is 24.3 Å². The number of nitrogens with one attached hydrogen (secondary N) is 3. The summed E-state index contributed by atoms with van der Waals surface area (Å²) in [6.45, 7) is 1.26. The first-order valence-electron chi connectivity index (χ1n) is 13.8. The van der Waals surface area contributed by atoms with Crippen molar-refractivity contribution in [2.24, 2.45) is 0 Å². The first kappa shape index (κ1) is 28.4. The Labute approximate surface area is 251 Å². The molecule has 0 spiro atoms. The van der Waals surface area contributed by atoms with E-state index in [4.69, 9.17) is 14.7 Å². The molecule has 0 radical (unpaired) electrons. The van der Waals surface area contributed by atoms with Gasteiger partial charge in [-0.05, 0) is 61.6 Å². The number of fused-ring (bicyclic) bond motifs is 1. The van der Waals surface area contributed by atoms with Crippen LogP contribution >= 0.6 is 0 Å². The molecule has 0 saturated carbocycles. The van der Waals surface area contributed by atoms with Crippen LogP contribution in [0.5, 0.6) is 5.75 Å². The molecule has 0 saturated heterocycles. The summed E-state index contributed by atoms with van der Waals surface area (Å²) >= 11 is 0. The summed E-state index contributed by atoms with van der Waals surface area (Å²) in [4.78, 5) is 27.1. The quantitative estimate of drug-likeness (QED) is 0.160. The van der Waals surface area contributed by atoms with Crippen molar-refractivity contribution in [1.29, 1.82) is 0 Å². The maximum Gasteiger partial charge on any atom is 0.255 e. The lowest BCUT2D eigenvalue weighted by Gasteiger charge is -2.11. The number of aromatic nitrogens is 4. The molecule has 9 nitrogen and oxygen atoms in total. The van der Waals surface area contributed by atoms with Crippen molar-refractivity contribution in [3.8, 4) is 28.4 Å². The molecule has 0 bridgehead atoms. The SMILES string of the molecule is CNCCOc1cccc(Nc2nccc(-c3c(-c4cccc(C(=O)Nc5ccc(F)cc5F)c4)nc4ccccn34)n2)c1. The fraction of sp³-hybridized carbons (Fsp3) is 0.0909.